The van der Waals surface area contributed by atoms with Crippen LogP contribution in [0.2, 0.25) is 0 Å². The Morgan fingerprint density at radius 1 is 1.09 bits per heavy atom. The van der Waals surface area contributed by atoms with Gasteiger partial charge in [-0.3, -0.25) is 4.79 Å². The van der Waals surface area contributed by atoms with Crippen LogP contribution in [0.1, 0.15) is 10.4 Å². The molecular formula is C16H15F3N2O2. The number of anilines is 2. The van der Waals surface area contributed by atoms with Gasteiger partial charge in [-0.2, -0.15) is 0 Å². The minimum Gasteiger partial charge on any atom is -0.404 e. The smallest absolute Gasteiger partial charge is 0.404 e. The average molecular weight is 324 g/mol. The summed E-state index contributed by atoms with van der Waals surface area (Å²) in [5, 5.41) is 2.43. The Bertz CT molecular complexity index is 700. The van der Waals surface area contributed by atoms with E-state index in [0.717, 1.165) is 11.8 Å². The molecule has 0 saturated heterocycles. The van der Waals surface area contributed by atoms with E-state index < -0.39 is 18.0 Å². The molecule has 0 unspecified atom stereocenters. The van der Waals surface area contributed by atoms with E-state index in [9.17, 15) is 18.0 Å². The molecule has 2 aromatic carbocycles. The number of alkyl halides is 3. The number of carbonyl (C=O) groups excluding carboxylic acids is 1. The number of benzene rings is 2. The number of rotatable bonds is 4. The van der Waals surface area contributed by atoms with E-state index in [-0.39, 0.29) is 5.69 Å². The zero-order chi connectivity index (χ0) is 17.0. The summed E-state index contributed by atoms with van der Waals surface area (Å²) in [4.78, 5) is 14.1. The first-order valence-corrected chi connectivity index (χ1v) is 6.70. The highest BCUT2D eigenvalue weighted by Crippen LogP contribution is 2.30. The molecule has 2 rings (SSSR count). The Morgan fingerprint density at radius 3 is 2.43 bits per heavy atom. The standard InChI is InChI=1S/C16H15F3N2O2/c1-21(2)12-7-5-6-11(10-12)15(22)20-13-8-3-4-9-14(13)23-16(17,18)19/h3-10H,1-2H3,(H,20,22). The second-order valence-electron chi connectivity index (χ2n) is 4.94. The van der Waals surface area contributed by atoms with E-state index in [1.54, 1.807) is 18.2 Å². The lowest BCUT2D eigenvalue weighted by atomic mass is 10.1. The number of hydrogen-bond donors (Lipinski definition) is 1. The van der Waals surface area contributed by atoms with Gasteiger partial charge >= 0.3 is 6.36 Å². The molecule has 0 fully saturated rings. The van der Waals surface area contributed by atoms with Crippen LogP contribution < -0.4 is 15.0 Å². The van der Waals surface area contributed by atoms with Crippen molar-refractivity contribution < 1.29 is 22.7 Å². The molecule has 2 aromatic rings. The molecule has 0 atom stereocenters. The first kappa shape index (κ1) is 16.7. The number of hydrogen-bond acceptors (Lipinski definition) is 3. The van der Waals surface area contributed by atoms with E-state index in [4.69, 9.17) is 0 Å². The van der Waals surface area contributed by atoms with Crippen molar-refractivity contribution in [3.8, 4) is 5.75 Å². The van der Waals surface area contributed by atoms with Crippen LogP contribution in [0.5, 0.6) is 5.75 Å². The molecule has 0 heterocycles. The molecular weight excluding hydrogens is 309 g/mol. The maximum Gasteiger partial charge on any atom is 0.573 e. The molecule has 122 valence electrons. The number of carbonyl (C=O) groups is 1. The van der Waals surface area contributed by atoms with Crippen LogP contribution in [0.25, 0.3) is 0 Å². The number of para-hydroxylation sites is 2. The Balaban J connectivity index is 2.22. The van der Waals surface area contributed by atoms with Crippen molar-refractivity contribution in [1.82, 2.24) is 0 Å². The van der Waals surface area contributed by atoms with E-state index in [1.807, 2.05) is 25.1 Å². The lowest BCUT2D eigenvalue weighted by Crippen LogP contribution is -2.19. The van der Waals surface area contributed by atoms with E-state index in [2.05, 4.69) is 10.1 Å². The van der Waals surface area contributed by atoms with Gasteiger partial charge in [0.05, 0.1) is 5.69 Å². The number of halogens is 3. The molecule has 0 saturated carbocycles. The lowest BCUT2D eigenvalue weighted by molar-refractivity contribution is -0.274. The highest BCUT2D eigenvalue weighted by molar-refractivity contribution is 6.05. The van der Waals surface area contributed by atoms with E-state index >= 15 is 0 Å². The quantitative estimate of drug-likeness (QED) is 0.927. The van der Waals surface area contributed by atoms with Crippen molar-refractivity contribution in [2.75, 3.05) is 24.3 Å². The van der Waals surface area contributed by atoms with Crippen molar-refractivity contribution in [3.63, 3.8) is 0 Å². The van der Waals surface area contributed by atoms with Gasteiger partial charge in [0.2, 0.25) is 0 Å². The third-order valence-electron chi connectivity index (χ3n) is 2.99. The zero-order valence-corrected chi connectivity index (χ0v) is 12.5. The summed E-state index contributed by atoms with van der Waals surface area (Å²) in [7, 11) is 3.65. The Morgan fingerprint density at radius 2 is 1.78 bits per heavy atom. The Labute approximate surface area is 131 Å². The predicted octanol–water partition coefficient (Wildman–Crippen LogP) is 3.90. The largest absolute Gasteiger partial charge is 0.573 e. The molecule has 1 amide bonds. The van der Waals surface area contributed by atoms with Crippen molar-refractivity contribution in [2.24, 2.45) is 0 Å². The summed E-state index contributed by atoms with van der Waals surface area (Å²) in [5.41, 5.74) is 1.08. The van der Waals surface area contributed by atoms with Gasteiger partial charge < -0.3 is 15.0 Å². The second kappa shape index (κ2) is 6.60. The summed E-state index contributed by atoms with van der Waals surface area (Å²) >= 11 is 0. The SMILES string of the molecule is CN(C)c1cccc(C(=O)Nc2ccccc2OC(F)(F)F)c1. The van der Waals surface area contributed by atoms with Gasteiger partial charge in [-0.15, -0.1) is 13.2 Å². The van der Waals surface area contributed by atoms with Gasteiger partial charge in [0, 0.05) is 25.3 Å². The first-order chi connectivity index (χ1) is 10.8. The molecule has 0 aliphatic carbocycles. The number of nitrogens with zero attached hydrogens (tertiary/aromatic N) is 1. The molecule has 0 aliphatic heterocycles. The molecule has 4 nitrogen and oxygen atoms in total. The highest BCUT2D eigenvalue weighted by Gasteiger charge is 2.32. The third kappa shape index (κ3) is 4.64. The molecule has 0 aliphatic rings. The average Bonchev–Trinajstić information content (AvgIpc) is 2.48. The van der Waals surface area contributed by atoms with E-state index in [0.29, 0.717) is 5.56 Å². The maximum atomic E-state index is 12.4. The number of ether oxygens (including phenoxy) is 1. The summed E-state index contributed by atoms with van der Waals surface area (Å²) in [5.74, 6) is -0.982. The third-order valence-corrected chi connectivity index (χ3v) is 2.99. The van der Waals surface area contributed by atoms with E-state index in [1.165, 1.54) is 18.2 Å². The van der Waals surface area contributed by atoms with Gasteiger partial charge in [-0.05, 0) is 30.3 Å². The first-order valence-electron chi connectivity index (χ1n) is 6.70. The fourth-order valence-corrected chi connectivity index (χ4v) is 1.90. The Kier molecular flexibility index (Phi) is 4.78. The Hall–Kier alpha value is -2.70. The van der Waals surface area contributed by atoms with Crippen LogP contribution in [0.15, 0.2) is 48.5 Å². The molecule has 0 aromatic heterocycles. The topological polar surface area (TPSA) is 41.6 Å². The highest BCUT2D eigenvalue weighted by atomic mass is 19.4. The molecule has 7 heteroatoms. The molecule has 0 bridgehead atoms. The van der Waals surface area contributed by atoms with Crippen molar-refractivity contribution in [2.45, 2.75) is 6.36 Å². The van der Waals surface area contributed by atoms with Crippen LogP contribution in [-0.2, 0) is 0 Å². The van der Waals surface area contributed by atoms with Crippen LogP contribution in [0, 0.1) is 0 Å². The summed E-state index contributed by atoms with van der Waals surface area (Å²) in [6.45, 7) is 0. The molecule has 1 N–H and O–H groups in total. The van der Waals surface area contributed by atoms with Crippen LogP contribution in [0.4, 0.5) is 24.5 Å². The fourth-order valence-electron chi connectivity index (χ4n) is 1.90. The minimum atomic E-state index is -4.83. The monoisotopic (exact) mass is 324 g/mol. The predicted molar refractivity (Wildman–Crippen MR) is 81.8 cm³/mol. The summed E-state index contributed by atoms with van der Waals surface area (Å²) in [6.07, 6.45) is -4.83. The van der Waals surface area contributed by atoms with Crippen LogP contribution in [-0.4, -0.2) is 26.4 Å². The summed E-state index contributed by atoms with van der Waals surface area (Å²) < 4.78 is 41.1. The van der Waals surface area contributed by atoms with Gasteiger partial charge in [-0.1, -0.05) is 18.2 Å². The zero-order valence-electron chi connectivity index (χ0n) is 12.5. The maximum absolute atomic E-state index is 12.4. The lowest BCUT2D eigenvalue weighted by Gasteiger charge is -2.15. The number of amides is 1. The molecule has 0 radical (unpaired) electrons. The minimum absolute atomic E-state index is 0.0509. The van der Waals surface area contributed by atoms with Crippen LogP contribution >= 0.6 is 0 Å². The van der Waals surface area contributed by atoms with Crippen molar-refractivity contribution in [3.05, 3.63) is 54.1 Å². The van der Waals surface area contributed by atoms with Gasteiger partial charge in [0.15, 0.2) is 5.75 Å². The van der Waals surface area contributed by atoms with Gasteiger partial charge in [-0.25, -0.2) is 0 Å². The summed E-state index contributed by atoms with van der Waals surface area (Å²) in [6, 6.07) is 12.1. The molecule has 23 heavy (non-hydrogen) atoms. The van der Waals surface area contributed by atoms with Crippen LogP contribution in [0.3, 0.4) is 0 Å². The normalized spacial score (nSPS) is 11.0. The fraction of sp³-hybridized carbons (Fsp3) is 0.188. The number of nitrogens with one attached hydrogen (secondary N) is 1. The van der Waals surface area contributed by atoms with Gasteiger partial charge in [0.25, 0.3) is 5.91 Å². The molecule has 0 spiro atoms. The van der Waals surface area contributed by atoms with Gasteiger partial charge in [0.1, 0.15) is 0 Å². The van der Waals surface area contributed by atoms with Crippen molar-refractivity contribution in [1.29, 1.82) is 0 Å². The second-order valence-corrected chi connectivity index (χ2v) is 4.94. The van der Waals surface area contributed by atoms with Crippen molar-refractivity contribution >= 4 is 17.3 Å².